The number of hydrogen-bond donors (Lipinski definition) is 1. The Morgan fingerprint density at radius 3 is 2.28 bits per heavy atom. The van der Waals surface area contributed by atoms with E-state index in [1.807, 2.05) is 6.07 Å². The molecule has 1 atom stereocenters. The molecule has 3 rings (SSSR count). The molecule has 172 valence electrons. The lowest BCUT2D eigenvalue weighted by Gasteiger charge is -2.19. The molecule has 9 nitrogen and oxygen atoms in total. The molecular formula is C22H25NO8S. The summed E-state index contributed by atoms with van der Waals surface area (Å²) in [5.74, 6) is 0.646. The summed E-state index contributed by atoms with van der Waals surface area (Å²) in [6, 6.07) is 5.52. The fourth-order valence-corrected chi connectivity index (χ4v) is 4.39. The van der Waals surface area contributed by atoms with Crippen molar-refractivity contribution < 1.29 is 31.6 Å². The standard InChI is InChI=1S/C22H25NO8S/c1-12(24)23-16-8-6-13-10-19(28-2)21(29-3)22(30-4)20(13)14-7-9-18(31-32(5,26)27)17(25)11-15(14)16/h7,9-11,16H,6,8H2,1-5H3,(H,23,24)/t16-/m0/s1. The molecule has 2 aromatic rings. The summed E-state index contributed by atoms with van der Waals surface area (Å²) < 4.78 is 44.8. The van der Waals surface area contributed by atoms with Gasteiger partial charge in [0, 0.05) is 12.5 Å². The molecule has 0 unspecified atom stereocenters. The van der Waals surface area contributed by atoms with E-state index in [0.29, 0.717) is 46.8 Å². The predicted molar refractivity (Wildman–Crippen MR) is 118 cm³/mol. The van der Waals surface area contributed by atoms with Crippen molar-refractivity contribution in [2.45, 2.75) is 25.8 Å². The van der Waals surface area contributed by atoms with Crippen LogP contribution in [-0.2, 0) is 21.3 Å². The highest BCUT2D eigenvalue weighted by Gasteiger charge is 2.29. The first kappa shape index (κ1) is 23.4. The van der Waals surface area contributed by atoms with E-state index in [2.05, 4.69) is 5.32 Å². The molecule has 1 aliphatic carbocycles. The predicted octanol–water partition coefficient (Wildman–Crippen LogP) is 2.20. The number of fused-ring (bicyclic) bond motifs is 3. The van der Waals surface area contributed by atoms with Crippen LogP contribution in [-0.4, -0.2) is 41.9 Å². The summed E-state index contributed by atoms with van der Waals surface area (Å²) in [5.41, 5.74) is 1.98. The summed E-state index contributed by atoms with van der Waals surface area (Å²) in [6.45, 7) is 1.39. The SMILES string of the molecule is COc1cc2c(c(OC)c1OC)-c1ccc(OS(C)(=O)=O)c(=O)cc1[C@@H](NC(C)=O)CC2. The highest BCUT2D eigenvalue weighted by atomic mass is 32.2. The van der Waals surface area contributed by atoms with E-state index in [-0.39, 0.29) is 11.7 Å². The Balaban J connectivity index is 2.41. The van der Waals surface area contributed by atoms with Crippen molar-refractivity contribution in [3.8, 4) is 34.1 Å². The number of hydrogen-bond acceptors (Lipinski definition) is 8. The Labute approximate surface area is 186 Å². The van der Waals surface area contributed by atoms with Crippen molar-refractivity contribution >= 4 is 16.0 Å². The Hall–Kier alpha value is -3.27. The van der Waals surface area contributed by atoms with Crippen LogP contribution in [0.15, 0.2) is 29.1 Å². The van der Waals surface area contributed by atoms with Gasteiger partial charge in [0.15, 0.2) is 17.2 Å². The van der Waals surface area contributed by atoms with Gasteiger partial charge >= 0.3 is 10.1 Å². The molecule has 32 heavy (non-hydrogen) atoms. The highest BCUT2D eigenvalue weighted by molar-refractivity contribution is 7.86. The molecule has 0 fully saturated rings. The Bertz CT molecular complexity index is 1220. The first-order chi connectivity index (χ1) is 15.1. The third-order valence-electron chi connectivity index (χ3n) is 5.12. The summed E-state index contributed by atoms with van der Waals surface area (Å²) in [5, 5.41) is 2.88. The van der Waals surface area contributed by atoms with Crippen molar-refractivity contribution in [2.75, 3.05) is 27.6 Å². The molecule has 0 bridgehead atoms. The zero-order valence-electron chi connectivity index (χ0n) is 18.5. The van der Waals surface area contributed by atoms with Crippen LogP contribution in [0.2, 0.25) is 0 Å². The molecule has 0 aromatic heterocycles. The van der Waals surface area contributed by atoms with Crippen LogP contribution in [0.1, 0.15) is 30.5 Å². The van der Waals surface area contributed by atoms with Crippen LogP contribution in [0.25, 0.3) is 11.1 Å². The molecule has 0 aliphatic heterocycles. The Morgan fingerprint density at radius 2 is 1.72 bits per heavy atom. The van der Waals surface area contributed by atoms with Crippen molar-refractivity contribution in [3.05, 3.63) is 45.6 Å². The molecule has 0 heterocycles. The third-order valence-corrected chi connectivity index (χ3v) is 5.60. The maximum absolute atomic E-state index is 12.8. The molecule has 0 spiro atoms. The molecule has 0 radical (unpaired) electrons. The number of benzene rings is 1. The quantitative estimate of drug-likeness (QED) is 0.648. The minimum absolute atomic E-state index is 0.263. The number of carbonyl (C=O) groups is 1. The smallest absolute Gasteiger partial charge is 0.306 e. The minimum atomic E-state index is -3.92. The van der Waals surface area contributed by atoms with Gasteiger partial charge in [-0.15, -0.1) is 0 Å². The summed E-state index contributed by atoms with van der Waals surface area (Å²) in [7, 11) is 0.587. The van der Waals surface area contributed by atoms with Crippen molar-refractivity contribution in [1.82, 2.24) is 5.32 Å². The first-order valence-electron chi connectivity index (χ1n) is 9.76. The molecule has 1 N–H and O–H groups in total. The van der Waals surface area contributed by atoms with Crippen molar-refractivity contribution in [1.29, 1.82) is 0 Å². The van der Waals surface area contributed by atoms with Gasteiger partial charge in [-0.1, -0.05) is 0 Å². The van der Waals surface area contributed by atoms with Crippen LogP contribution >= 0.6 is 0 Å². The van der Waals surface area contributed by atoms with E-state index >= 15 is 0 Å². The van der Waals surface area contributed by atoms with E-state index in [0.717, 1.165) is 11.8 Å². The number of nitrogens with one attached hydrogen (secondary N) is 1. The molecule has 0 saturated heterocycles. The molecule has 1 amide bonds. The third kappa shape index (κ3) is 4.64. The van der Waals surface area contributed by atoms with E-state index in [1.165, 1.54) is 40.4 Å². The van der Waals surface area contributed by atoms with Crippen LogP contribution in [0, 0.1) is 0 Å². The van der Waals surface area contributed by atoms with Gasteiger partial charge in [-0.05, 0) is 53.8 Å². The van der Waals surface area contributed by atoms with Gasteiger partial charge < -0.3 is 23.7 Å². The topological polar surface area (TPSA) is 117 Å². The number of rotatable bonds is 6. The maximum Gasteiger partial charge on any atom is 0.306 e. The van der Waals surface area contributed by atoms with Gasteiger partial charge in [0.1, 0.15) is 0 Å². The molecule has 10 heteroatoms. The van der Waals surface area contributed by atoms with Gasteiger partial charge in [0.05, 0.1) is 33.6 Å². The average molecular weight is 464 g/mol. The second-order valence-electron chi connectivity index (χ2n) is 7.33. The Kier molecular flexibility index (Phi) is 6.63. The second-order valence-corrected chi connectivity index (χ2v) is 8.91. The zero-order chi connectivity index (χ0) is 23.6. The van der Waals surface area contributed by atoms with Crippen LogP contribution in [0.3, 0.4) is 0 Å². The second kappa shape index (κ2) is 9.07. The molecule has 0 saturated carbocycles. The van der Waals surface area contributed by atoms with Crippen LogP contribution < -0.4 is 29.1 Å². The molecule has 1 aliphatic rings. The number of aryl methyl sites for hydroxylation is 1. The number of ether oxygens (including phenoxy) is 3. The highest BCUT2D eigenvalue weighted by Crippen LogP contribution is 2.50. The van der Waals surface area contributed by atoms with Crippen molar-refractivity contribution in [3.63, 3.8) is 0 Å². The molecule has 2 aromatic carbocycles. The van der Waals surface area contributed by atoms with Crippen LogP contribution in [0.4, 0.5) is 0 Å². The number of carbonyl (C=O) groups excluding carboxylic acids is 1. The normalized spacial score (nSPS) is 15.0. The summed E-state index contributed by atoms with van der Waals surface area (Å²) >= 11 is 0. The zero-order valence-corrected chi connectivity index (χ0v) is 19.3. The van der Waals surface area contributed by atoms with Gasteiger partial charge in [-0.3, -0.25) is 9.59 Å². The maximum atomic E-state index is 12.8. The largest absolute Gasteiger partial charge is 0.493 e. The summed E-state index contributed by atoms with van der Waals surface area (Å²) in [4.78, 5) is 24.7. The Morgan fingerprint density at radius 1 is 1.03 bits per heavy atom. The lowest BCUT2D eigenvalue weighted by molar-refractivity contribution is -0.119. The van der Waals surface area contributed by atoms with Crippen molar-refractivity contribution in [2.24, 2.45) is 0 Å². The first-order valence-corrected chi connectivity index (χ1v) is 11.6. The van der Waals surface area contributed by atoms with Gasteiger partial charge in [-0.25, -0.2) is 0 Å². The van der Waals surface area contributed by atoms with E-state index < -0.39 is 21.6 Å². The fourth-order valence-electron chi connectivity index (χ4n) is 3.93. The van der Waals surface area contributed by atoms with Crippen LogP contribution in [0.5, 0.6) is 23.0 Å². The lowest BCUT2D eigenvalue weighted by Crippen LogP contribution is -2.26. The van der Waals surface area contributed by atoms with E-state index in [9.17, 15) is 18.0 Å². The lowest BCUT2D eigenvalue weighted by atomic mass is 9.95. The van der Waals surface area contributed by atoms with Gasteiger partial charge in [-0.2, -0.15) is 8.42 Å². The number of methoxy groups -OCH3 is 3. The summed E-state index contributed by atoms with van der Waals surface area (Å²) in [6.07, 6.45) is 1.90. The van der Waals surface area contributed by atoms with E-state index in [4.69, 9.17) is 18.4 Å². The minimum Gasteiger partial charge on any atom is -0.493 e. The van der Waals surface area contributed by atoms with Gasteiger partial charge in [0.2, 0.25) is 17.1 Å². The number of amides is 1. The average Bonchev–Trinajstić information content (AvgIpc) is 2.95. The van der Waals surface area contributed by atoms with Gasteiger partial charge in [0.25, 0.3) is 0 Å². The van der Waals surface area contributed by atoms with E-state index in [1.54, 1.807) is 6.07 Å². The monoisotopic (exact) mass is 463 g/mol. The molecular weight excluding hydrogens is 438 g/mol. The fraction of sp³-hybridized carbons (Fsp3) is 0.364.